The van der Waals surface area contributed by atoms with Gasteiger partial charge in [-0.05, 0) is 44.2 Å². The zero-order valence-corrected chi connectivity index (χ0v) is 16.0. The van der Waals surface area contributed by atoms with E-state index in [9.17, 15) is 21.6 Å². The van der Waals surface area contributed by atoms with Crippen LogP contribution in [0.25, 0.3) is 0 Å². The highest BCUT2D eigenvalue weighted by Crippen LogP contribution is 2.30. The van der Waals surface area contributed by atoms with Gasteiger partial charge in [-0.2, -0.15) is 17.5 Å². The minimum Gasteiger partial charge on any atom is -0.491 e. The normalized spacial score (nSPS) is 16.1. The van der Waals surface area contributed by atoms with Crippen molar-refractivity contribution in [3.05, 3.63) is 48.2 Å². The van der Waals surface area contributed by atoms with Gasteiger partial charge in [0.15, 0.2) is 0 Å². The number of ether oxygens (including phenoxy) is 2. The molecule has 0 atom stereocenters. The van der Waals surface area contributed by atoms with Gasteiger partial charge in [-0.25, -0.2) is 13.4 Å². The summed E-state index contributed by atoms with van der Waals surface area (Å²) in [5, 5.41) is 0. The zero-order chi connectivity index (χ0) is 20.5. The van der Waals surface area contributed by atoms with Gasteiger partial charge in [-0.1, -0.05) is 6.07 Å². The molecule has 1 aromatic carbocycles. The highest BCUT2D eigenvalue weighted by atomic mass is 32.2. The van der Waals surface area contributed by atoms with Gasteiger partial charge in [0.1, 0.15) is 17.5 Å². The summed E-state index contributed by atoms with van der Waals surface area (Å²) in [6.07, 6.45) is -5.16. The zero-order valence-electron chi connectivity index (χ0n) is 15.2. The summed E-state index contributed by atoms with van der Waals surface area (Å²) >= 11 is 0. The molecule has 0 saturated carbocycles. The lowest BCUT2D eigenvalue weighted by Crippen LogP contribution is -2.56. The SMILES string of the molecule is CC(C)Oc1ccc(S(=O)(=O)N2CC(Oc3cccc(C(F)(F)F)n3)C2)cc1. The third-order valence-corrected chi connectivity index (χ3v) is 5.80. The van der Waals surface area contributed by atoms with E-state index in [-0.39, 0.29) is 30.0 Å². The number of nitrogens with zero attached hydrogens (tertiary/aromatic N) is 2. The molecule has 0 aliphatic carbocycles. The van der Waals surface area contributed by atoms with E-state index < -0.39 is 28.0 Å². The molecular formula is C18H19F3N2O4S. The van der Waals surface area contributed by atoms with E-state index in [1.165, 1.54) is 28.6 Å². The molecule has 6 nitrogen and oxygen atoms in total. The molecule has 0 amide bonds. The average Bonchev–Trinajstić information content (AvgIpc) is 2.57. The maximum atomic E-state index is 12.7. The van der Waals surface area contributed by atoms with Gasteiger partial charge in [0.25, 0.3) is 0 Å². The van der Waals surface area contributed by atoms with Crippen molar-refractivity contribution >= 4 is 10.0 Å². The second-order valence-corrected chi connectivity index (χ2v) is 8.50. The Morgan fingerprint density at radius 2 is 1.75 bits per heavy atom. The van der Waals surface area contributed by atoms with Gasteiger partial charge in [0.2, 0.25) is 15.9 Å². The Labute approximate surface area is 161 Å². The van der Waals surface area contributed by atoms with Crippen LogP contribution in [0.4, 0.5) is 13.2 Å². The molecule has 1 aromatic heterocycles. The van der Waals surface area contributed by atoms with Crippen molar-refractivity contribution in [1.82, 2.24) is 9.29 Å². The number of hydrogen-bond acceptors (Lipinski definition) is 5. The maximum absolute atomic E-state index is 12.7. The van der Waals surface area contributed by atoms with Gasteiger partial charge in [0.05, 0.1) is 24.1 Å². The van der Waals surface area contributed by atoms with Crippen LogP contribution in [0.15, 0.2) is 47.4 Å². The maximum Gasteiger partial charge on any atom is 0.433 e. The summed E-state index contributed by atoms with van der Waals surface area (Å²) in [6.45, 7) is 3.79. The molecule has 0 radical (unpaired) electrons. The lowest BCUT2D eigenvalue weighted by Gasteiger charge is -2.37. The van der Waals surface area contributed by atoms with E-state index in [2.05, 4.69) is 4.98 Å². The minimum absolute atomic E-state index is 0.0276. The average molecular weight is 416 g/mol. The van der Waals surface area contributed by atoms with Crippen molar-refractivity contribution in [3.63, 3.8) is 0 Å². The molecule has 2 aromatic rings. The first kappa shape index (κ1) is 20.4. The molecule has 1 saturated heterocycles. The quantitative estimate of drug-likeness (QED) is 0.723. The van der Waals surface area contributed by atoms with Crippen LogP contribution in [-0.4, -0.2) is 43.0 Å². The number of sulfonamides is 1. The van der Waals surface area contributed by atoms with Crippen molar-refractivity contribution in [2.24, 2.45) is 0 Å². The molecule has 0 bridgehead atoms. The lowest BCUT2D eigenvalue weighted by atomic mass is 10.2. The van der Waals surface area contributed by atoms with E-state index in [0.29, 0.717) is 5.75 Å². The predicted molar refractivity (Wildman–Crippen MR) is 94.6 cm³/mol. The monoisotopic (exact) mass is 416 g/mol. The highest BCUT2D eigenvalue weighted by molar-refractivity contribution is 7.89. The molecule has 1 fully saturated rings. The predicted octanol–water partition coefficient (Wildman–Crippen LogP) is 3.34. The van der Waals surface area contributed by atoms with Gasteiger partial charge in [0, 0.05) is 6.07 Å². The van der Waals surface area contributed by atoms with Gasteiger partial charge in [-0.15, -0.1) is 0 Å². The third kappa shape index (κ3) is 4.56. The fraction of sp³-hybridized carbons (Fsp3) is 0.389. The summed E-state index contributed by atoms with van der Waals surface area (Å²) in [7, 11) is -3.71. The molecule has 1 aliphatic rings. The Hall–Kier alpha value is -2.33. The van der Waals surface area contributed by atoms with E-state index >= 15 is 0 Å². The van der Waals surface area contributed by atoms with Crippen LogP contribution in [0, 0.1) is 0 Å². The summed E-state index contributed by atoms with van der Waals surface area (Å²) in [6, 6.07) is 9.40. The van der Waals surface area contributed by atoms with E-state index in [1.54, 1.807) is 12.1 Å². The number of benzene rings is 1. The molecule has 2 heterocycles. The van der Waals surface area contributed by atoms with E-state index in [4.69, 9.17) is 9.47 Å². The Kier molecular flexibility index (Phi) is 5.53. The Morgan fingerprint density at radius 1 is 1.11 bits per heavy atom. The Bertz CT molecular complexity index is 925. The first-order valence-corrected chi connectivity index (χ1v) is 9.97. The van der Waals surface area contributed by atoms with Crippen molar-refractivity contribution in [2.45, 2.75) is 37.1 Å². The number of rotatable bonds is 6. The van der Waals surface area contributed by atoms with Gasteiger partial charge in [-0.3, -0.25) is 0 Å². The van der Waals surface area contributed by atoms with Crippen molar-refractivity contribution in [2.75, 3.05) is 13.1 Å². The fourth-order valence-electron chi connectivity index (χ4n) is 2.59. The summed E-state index contributed by atoms with van der Waals surface area (Å²) in [5.74, 6) is 0.376. The number of hydrogen-bond donors (Lipinski definition) is 0. The number of pyridine rings is 1. The molecule has 0 unspecified atom stereocenters. The van der Waals surface area contributed by atoms with Crippen LogP contribution in [-0.2, 0) is 16.2 Å². The first-order valence-electron chi connectivity index (χ1n) is 8.53. The van der Waals surface area contributed by atoms with Gasteiger partial charge < -0.3 is 9.47 Å². The molecule has 0 spiro atoms. The lowest BCUT2D eigenvalue weighted by molar-refractivity contribution is -0.141. The Balaban J connectivity index is 1.61. The van der Waals surface area contributed by atoms with Crippen LogP contribution >= 0.6 is 0 Å². The standard InChI is InChI=1S/C18H19F3N2O4S/c1-12(2)26-13-6-8-15(9-7-13)28(24,25)23-10-14(11-23)27-17-5-3-4-16(22-17)18(19,20)21/h3-9,12,14H,10-11H2,1-2H3. The smallest absolute Gasteiger partial charge is 0.433 e. The topological polar surface area (TPSA) is 68.7 Å². The molecule has 10 heteroatoms. The molecule has 0 N–H and O–H groups in total. The first-order chi connectivity index (χ1) is 13.1. The molecule has 152 valence electrons. The molecule has 3 rings (SSSR count). The van der Waals surface area contributed by atoms with Crippen molar-refractivity contribution < 1.29 is 31.1 Å². The van der Waals surface area contributed by atoms with E-state index in [0.717, 1.165) is 6.07 Å². The summed E-state index contributed by atoms with van der Waals surface area (Å²) in [5.41, 5.74) is -1.06. The third-order valence-electron chi connectivity index (χ3n) is 3.95. The van der Waals surface area contributed by atoms with Crippen LogP contribution in [0.1, 0.15) is 19.5 Å². The second kappa shape index (κ2) is 7.59. The molecular weight excluding hydrogens is 397 g/mol. The fourth-order valence-corrected chi connectivity index (χ4v) is 4.10. The van der Waals surface area contributed by atoms with Gasteiger partial charge >= 0.3 is 6.18 Å². The highest BCUT2D eigenvalue weighted by Gasteiger charge is 2.39. The van der Waals surface area contributed by atoms with Crippen LogP contribution < -0.4 is 9.47 Å². The van der Waals surface area contributed by atoms with Crippen LogP contribution in [0.3, 0.4) is 0 Å². The molecule has 28 heavy (non-hydrogen) atoms. The molecule has 1 aliphatic heterocycles. The van der Waals surface area contributed by atoms with Crippen molar-refractivity contribution in [1.29, 1.82) is 0 Å². The van der Waals surface area contributed by atoms with Crippen LogP contribution in [0.2, 0.25) is 0 Å². The van der Waals surface area contributed by atoms with Crippen LogP contribution in [0.5, 0.6) is 11.6 Å². The largest absolute Gasteiger partial charge is 0.491 e. The number of alkyl halides is 3. The second-order valence-electron chi connectivity index (χ2n) is 6.56. The number of halogens is 3. The summed E-state index contributed by atoms with van der Waals surface area (Å²) < 4.78 is 75.3. The minimum atomic E-state index is -4.57. The number of aromatic nitrogens is 1. The van der Waals surface area contributed by atoms with Crippen molar-refractivity contribution in [3.8, 4) is 11.6 Å². The Morgan fingerprint density at radius 3 is 2.32 bits per heavy atom. The summed E-state index contributed by atoms with van der Waals surface area (Å²) in [4.78, 5) is 3.53. The van der Waals surface area contributed by atoms with E-state index in [1.807, 2.05) is 13.8 Å².